The molecule has 3 nitrogen and oxygen atoms in total. The minimum atomic E-state index is 0. The van der Waals surface area contributed by atoms with Crippen LogP contribution in [0.5, 0.6) is 5.75 Å². The van der Waals surface area contributed by atoms with E-state index in [4.69, 9.17) is 4.74 Å². The van der Waals surface area contributed by atoms with E-state index < -0.39 is 0 Å². The zero-order valence-electron chi connectivity index (χ0n) is 13.6. The normalized spacial score (nSPS) is 15.7. The van der Waals surface area contributed by atoms with Crippen LogP contribution < -0.4 is 9.64 Å². The highest BCUT2D eigenvalue weighted by Gasteiger charge is 2.24. The van der Waals surface area contributed by atoms with Gasteiger partial charge in [-0.25, -0.2) is 0 Å². The van der Waals surface area contributed by atoms with Gasteiger partial charge in [0.15, 0.2) is 0 Å². The molecule has 0 unspecified atom stereocenters. The van der Waals surface area contributed by atoms with Crippen LogP contribution in [0.25, 0.3) is 0 Å². The molecule has 0 aliphatic carbocycles. The summed E-state index contributed by atoms with van der Waals surface area (Å²) in [6.07, 6.45) is 6.10. The van der Waals surface area contributed by atoms with Crippen molar-refractivity contribution in [1.29, 1.82) is 0 Å². The van der Waals surface area contributed by atoms with E-state index in [1.54, 1.807) is 0 Å². The molecule has 5 heteroatoms. The number of benzene rings is 1. The molecule has 0 radical (unpaired) electrons. The fourth-order valence-electron chi connectivity index (χ4n) is 3.43. The number of aryl methyl sites for hydroxylation is 2. The predicted octanol–water partition coefficient (Wildman–Crippen LogP) is 3.56. The Balaban J connectivity index is 0.00000121. The number of nitrogens with zero attached hydrogens (tertiary/aromatic N) is 2. The van der Waals surface area contributed by atoms with Crippen LogP contribution in [0.3, 0.4) is 0 Å². The molecular weight excluding hydrogens is 319 g/mol. The summed E-state index contributed by atoms with van der Waals surface area (Å²) in [5.41, 5.74) is 4.55. The van der Waals surface area contributed by atoms with E-state index in [2.05, 4.69) is 36.0 Å². The lowest BCUT2D eigenvalue weighted by Crippen LogP contribution is -2.34. The van der Waals surface area contributed by atoms with Crippen LogP contribution >= 0.6 is 24.8 Å². The van der Waals surface area contributed by atoms with Gasteiger partial charge in [0.25, 0.3) is 0 Å². The lowest BCUT2D eigenvalue weighted by molar-refractivity contribution is 0.281. The Bertz CT molecular complexity index is 449. The van der Waals surface area contributed by atoms with Crippen molar-refractivity contribution in [1.82, 2.24) is 4.90 Å². The molecule has 3 rings (SSSR count). The lowest BCUT2D eigenvalue weighted by Gasteiger charge is -2.37. The molecule has 22 heavy (non-hydrogen) atoms. The first kappa shape index (κ1) is 19.4. The molecule has 0 atom stereocenters. The van der Waals surface area contributed by atoms with Crippen LogP contribution in [0, 0.1) is 0 Å². The summed E-state index contributed by atoms with van der Waals surface area (Å²) in [6.45, 7) is 4.39. The molecule has 1 aromatic carbocycles. The van der Waals surface area contributed by atoms with E-state index in [1.165, 1.54) is 55.6 Å². The summed E-state index contributed by atoms with van der Waals surface area (Å²) in [5, 5.41) is 0. The number of anilines is 1. The molecule has 0 spiro atoms. The van der Waals surface area contributed by atoms with Crippen molar-refractivity contribution < 1.29 is 4.74 Å². The van der Waals surface area contributed by atoms with Crippen molar-refractivity contribution in [3.8, 4) is 5.75 Å². The van der Waals surface area contributed by atoms with Crippen LogP contribution in [-0.4, -0.2) is 45.2 Å². The average Bonchev–Trinajstić information content (AvgIpc) is 2.44. The van der Waals surface area contributed by atoms with Gasteiger partial charge in [-0.05, 0) is 69.5 Å². The summed E-state index contributed by atoms with van der Waals surface area (Å²) in [5.74, 6) is 1.08. The van der Waals surface area contributed by atoms with Crippen LogP contribution in [0.2, 0.25) is 0 Å². The predicted molar refractivity (Wildman–Crippen MR) is 98.5 cm³/mol. The van der Waals surface area contributed by atoms with Gasteiger partial charge in [0.1, 0.15) is 5.75 Å². The Morgan fingerprint density at radius 3 is 2.18 bits per heavy atom. The van der Waals surface area contributed by atoms with Gasteiger partial charge in [-0.1, -0.05) is 0 Å². The Labute approximate surface area is 146 Å². The van der Waals surface area contributed by atoms with Crippen molar-refractivity contribution in [2.45, 2.75) is 32.1 Å². The fourth-order valence-corrected chi connectivity index (χ4v) is 3.43. The second-order valence-corrected chi connectivity index (χ2v) is 6.29. The minimum Gasteiger partial charge on any atom is -0.494 e. The van der Waals surface area contributed by atoms with E-state index in [0.717, 1.165) is 25.3 Å². The fraction of sp³-hybridized carbons (Fsp3) is 0.647. The highest BCUT2D eigenvalue weighted by Crippen LogP contribution is 2.37. The lowest BCUT2D eigenvalue weighted by atomic mass is 9.92. The zero-order valence-corrected chi connectivity index (χ0v) is 15.3. The first-order chi connectivity index (χ1) is 9.74. The molecule has 0 saturated carbocycles. The van der Waals surface area contributed by atoms with Crippen molar-refractivity contribution in [3.63, 3.8) is 0 Å². The molecule has 1 aromatic rings. The summed E-state index contributed by atoms with van der Waals surface area (Å²) in [4.78, 5) is 4.78. The van der Waals surface area contributed by atoms with Gasteiger partial charge in [-0.2, -0.15) is 0 Å². The molecule has 0 N–H and O–H groups in total. The molecule has 0 fully saturated rings. The number of hydrogen-bond acceptors (Lipinski definition) is 3. The van der Waals surface area contributed by atoms with Crippen LogP contribution in [0.15, 0.2) is 12.1 Å². The molecule has 2 heterocycles. The van der Waals surface area contributed by atoms with Crippen LogP contribution in [-0.2, 0) is 12.8 Å². The highest BCUT2D eigenvalue weighted by molar-refractivity contribution is 5.85. The van der Waals surface area contributed by atoms with Crippen LogP contribution in [0.1, 0.15) is 30.4 Å². The van der Waals surface area contributed by atoms with E-state index in [1.807, 2.05) is 0 Å². The Morgan fingerprint density at radius 2 is 1.64 bits per heavy atom. The maximum atomic E-state index is 5.98. The number of ether oxygens (including phenoxy) is 1. The third-order valence-electron chi connectivity index (χ3n) is 4.32. The van der Waals surface area contributed by atoms with Gasteiger partial charge in [-0.3, -0.25) is 0 Å². The summed E-state index contributed by atoms with van der Waals surface area (Å²) >= 11 is 0. The van der Waals surface area contributed by atoms with E-state index in [9.17, 15) is 0 Å². The van der Waals surface area contributed by atoms with Crippen LogP contribution in [0.4, 0.5) is 5.69 Å². The monoisotopic (exact) mass is 346 g/mol. The Hall–Kier alpha value is -0.640. The second-order valence-electron chi connectivity index (χ2n) is 6.29. The standard InChI is InChI=1S/C17H26N2O.2ClH/c1-18(2)8-5-11-20-16-12-14-6-3-9-19-10-4-7-15(13-16)17(14)19;;/h12-13H,3-11H2,1-2H3;2*1H. The largest absolute Gasteiger partial charge is 0.494 e. The molecule has 2 aliphatic rings. The maximum Gasteiger partial charge on any atom is 0.119 e. The molecule has 0 bridgehead atoms. The topological polar surface area (TPSA) is 15.7 Å². The van der Waals surface area contributed by atoms with E-state index in [0.29, 0.717) is 0 Å². The summed E-state index contributed by atoms with van der Waals surface area (Å²) in [7, 11) is 4.22. The number of hydrogen-bond donors (Lipinski definition) is 0. The van der Waals surface area contributed by atoms with Crippen molar-refractivity contribution in [3.05, 3.63) is 23.3 Å². The molecule has 0 aromatic heterocycles. The smallest absolute Gasteiger partial charge is 0.119 e. The first-order valence-corrected chi connectivity index (χ1v) is 7.92. The molecule has 0 amide bonds. The van der Waals surface area contributed by atoms with Gasteiger partial charge in [0.05, 0.1) is 6.61 Å². The van der Waals surface area contributed by atoms with Gasteiger partial charge < -0.3 is 14.5 Å². The van der Waals surface area contributed by atoms with Crippen molar-refractivity contribution in [2.75, 3.05) is 45.2 Å². The number of halogens is 2. The Kier molecular flexibility index (Phi) is 7.81. The maximum absolute atomic E-state index is 5.98. The third-order valence-corrected chi connectivity index (χ3v) is 4.32. The van der Waals surface area contributed by atoms with Gasteiger partial charge in [0.2, 0.25) is 0 Å². The van der Waals surface area contributed by atoms with Crippen molar-refractivity contribution >= 4 is 30.5 Å². The highest BCUT2D eigenvalue weighted by atomic mass is 35.5. The molecular formula is C17H28Cl2N2O. The van der Waals surface area contributed by atoms with E-state index in [-0.39, 0.29) is 24.8 Å². The van der Waals surface area contributed by atoms with Gasteiger partial charge in [-0.15, -0.1) is 24.8 Å². The first-order valence-electron chi connectivity index (χ1n) is 7.92. The SMILES string of the molecule is CN(C)CCCOc1cc2c3c(c1)CCCN3CCC2.Cl.Cl. The third kappa shape index (κ3) is 4.43. The van der Waals surface area contributed by atoms with E-state index >= 15 is 0 Å². The second kappa shape index (κ2) is 8.85. The Morgan fingerprint density at radius 1 is 1.05 bits per heavy atom. The quantitative estimate of drug-likeness (QED) is 0.758. The van der Waals surface area contributed by atoms with Gasteiger partial charge in [0, 0.05) is 25.3 Å². The van der Waals surface area contributed by atoms with Gasteiger partial charge >= 0.3 is 0 Å². The zero-order chi connectivity index (χ0) is 13.9. The minimum absolute atomic E-state index is 0. The summed E-state index contributed by atoms with van der Waals surface area (Å²) < 4.78 is 5.98. The number of rotatable bonds is 5. The molecule has 126 valence electrons. The molecule has 0 saturated heterocycles. The van der Waals surface area contributed by atoms with Crippen molar-refractivity contribution in [2.24, 2.45) is 0 Å². The average molecular weight is 347 g/mol. The molecule has 2 aliphatic heterocycles. The summed E-state index contributed by atoms with van der Waals surface area (Å²) in [6, 6.07) is 4.57.